The zero-order valence-electron chi connectivity index (χ0n) is 6.22. The van der Waals surface area contributed by atoms with E-state index < -0.39 is 6.08 Å². The average Bonchev–Trinajstić information content (AvgIpc) is 1.60. The van der Waals surface area contributed by atoms with E-state index in [0.717, 1.165) is 13.0 Å². The van der Waals surface area contributed by atoms with Crippen molar-refractivity contribution in [2.75, 3.05) is 20.1 Å². The Balaban J connectivity index is 2.41. The minimum atomic E-state index is -1.17. The summed E-state index contributed by atoms with van der Waals surface area (Å²) >= 11 is 0. The number of nitrogens with zero attached hydrogens (tertiary/aromatic N) is 1. The molecule has 1 aliphatic heterocycles. The van der Waals surface area contributed by atoms with Gasteiger partial charge in [0.1, 0.15) is 0 Å². The first-order chi connectivity index (χ1) is 4.10. The Kier molecular flexibility index (Phi) is 1.47. The number of likely N-dealkylation sites (tertiary alicyclic amines) is 1. The molecule has 1 saturated heterocycles. The summed E-state index contributed by atoms with van der Waals surface area (Å²) in [5.74, 6) is 0. The van der Waals surface area contributed by atoms with Crippen molar-refractivity contribution in [3.63, 3.8) is 0 Å². The van der Waals surface area contributed by atoms with Crippen LogP contribution in [0.2, 0.25) is 0 Å². The average molecular weight is 116 g/mol. The Bertz CT molecular complexity index is 105. The van der Waals surface area contributed by atoms with Crippen LogP contribution < -0.4 is 0 Å². The zero-order valence-corrected chi connectivity index (χ0v) is 5.22. The van der Waals surface area contributed by atoms with Crippen molar-refractivity contribution in [2.24, 2.45) is 0 Å². The third-order valence-corrected chi connectivity index (χ3v) is 1.46. The zero-order chi connectivity index (χ0) is 6.91. The van der Waals surface area contributed by atoms with Crippen LogP contribution in [0.4, 0.5) is 0 Å². The van der Waals surface area contributed by atoms with Gasteiger partial charge in [0.15, 0.2) is 0 Å². The summed E-state index contributed by atoms with van der Waals surface area (Å²) < 4.78 is 7.27. The van der Waals surface area contributed by atoms with Gasteiger partial charge in [-0.3, -0.25) is 0 Å². The number of β-amino-alcohol motifs (C(OH)–C–C–N with tert-alkyl or cyclic N) is 1. The molecular formula is C6H13NO. The molecule has 1 fully saturated rings. The lowest BCUT2D eigenvalue weighted by molar-refractivity contribution is 0.0846. The van der Waals surface area contributed by atoms with Crippen LogP contribution in [-0.4, -0.2) is 36.2 Å². The van der Waals surface area contributed by atoms with Crippen LogP contribution in [0, 0.1) is 0 Å². The summed E-state index contributed by atoms with van der Waals surface area (Å²) in [4.78, 5) is 1.98. The predicted molar refractivity (Wildman–Crippen MR) is 32.7 cm³/mol. The van der Waals surface area contributed by atoms with Gasteiger partial charge < -0.3 is 10.0 Å². The maximum absolute atomic E-state index is 9.17. The van der Waals surface area contributed by atoms with Gasteiger partial charge in [-0.1, -0.05) is 0 Å². The second-order valence-electron chi connectivity index (χ2n) is 2.41. The van der Waals surface area contributed by atoms with Gasteiger partial charge in [0.05, 0.1) is 7.45 Å². The van der Waals surface area contributed by atoms with E-state index in [0.29, 0.717) is 13.0 Å². The first-order valence-electron chi connectivity index (χ1n) is 3.51. The van der Waals surface area contributed by atoms with Crippen LogP contribution in [0.5, 0.6) is 0 Å². The van der Waals surface area contributed by atoms with Crippen molar-refractivity contribution >= 4 is 0 Å². The molecule has 1 aliphatic rings. The van der Waals surface area contributed by atoms with E-state index in [1.807, 2.05) is 11.9 Å². The molecule has 0 aromatic rings. The summed E-state index contributed by atoms with van der Waals surface area (Å²) in [5.41, 5.74) is 0. The second kappa shape index (κ2) is 2.46. The molecule has 0 amide bonds. The van der Waals surface area contributed by atoms with Crippen LogP contribution in [0.15, 0.2) is 0 Å². The molecule has 0 bridgehead atoms. The molecule has 48 valence electrons. The van der Waals surface area contributed by atoms with Crippen molar-refractivity contribution in [2.45, 2.75) is 18.9 Å². The Labute approximate surface area is 51.5 Å². The van der Waals surface area contributed by atoms with Crippen molar-refractivity contribution in [1.82, 2.24) is 4.90 Å². The van der Waals surface area contributed by atoms with Crippen LogP contribution in [0.3, 0.4) is 0 Å². The quantitative estimate of drug-likeness (QED) is 0.484. The Morgan fingerprint density at radius 2 is 2.62 bits per heavy atom. The molecule has 0 aromatic heterocycles. The molecule has 1 N–H and O–H groups in total. The van der Waals surface area contributed by atoms with Gasteiger partial charge in [-0.2, -0.15) is 0 Å². The molecule has 1 rings (SSSR count). The van der Waals surface area contributed by atoms with E-state index in [1.54, 1.807) is 0 Å². The number of hydrogen-bond acceptors (Lipinski definition) is 2. The van der Waals surface area contributed by atoms with E-state index in [-0.39, 0.29) is 0 Å². The van der Waals surface area contributed by atoms with Gasteiger partial charge >= 0.3 is 0 Å². The minimum Gasteiger partial charge on any atom is -0.392 e. The largest absolute Gasteiger partial charge is 0.392 e. The molecule has 0 aliphatic carbocycles. The molecule has 1 heterocycles. The summed E-state index contributed by atoms with van der Waals surface area (Å²) in [7, 11) is 1.93. The Hall–Kier alpha value is -0.0800. The van der Waals surface area contributed by atoms with E-state index in [9.17, 15) is 0 Å². The molecule has 0 saturated carbocycles. The minimum absolute atomic E-state index is 0.493. The van der Waals surface area contributed by atoms with Gasteiger partial charge in [0, 0.05) is 6.54 Å². The van der Waals surface area contributed by atoms with E-state index in [1.165, 1.54) is 0 Å². The molecule has 0 aromatic carbocycles. The number of hydrogen-bond donors (Lipinski definition) is 1. The number of rotatable bonds is 0. The number of aliphatic hydroxyl groups is 1. The second-order valence-corrected chi connectivity index (χ2v) is 2.41. The maximum atomic E-state index is 9.17. The Morgan fingerprint density at radius 1 is 1.88 bits per heavy atom. The standard InChI is InChI=1S/C6H13NO/c1-7-4-2-3-6(8)5-7/h6,8H,2-5H2,1H3/i6D. The molecule has 1 unspecified atom stereocenters. The van der Waals surface area contributed by atoms with Gasteiger partial charge in [0.2, 0.25) is 0 Å². The summed E-state index contributed by atoms with van der Waals surface area (Å²) in [5, 5.41) is 9.17. The van der Waals surface area contributed by atoms with Gasteiger partial charge in [0.25, 0.3) is 0 Å². The third-order valence-electron chi connectivity index (χ3n) is 1.46. The third kappa shape index (κ3) is 1.46. The molecule has 8 heavy (non-hydrogen) atoms. The Morgan fingerprint density at radius 3 is 3.00 bits per heavy atom. The SMILES string of the molecule is [2H]C1(O)CCCN(C)C1. The fourth-order valence-corrected chi connectivity index (χ4v) is 1.02. The van der Waals surface area contributed by atoms with E-state index in [2.05, 4.69) is 0 Å². The van der Waals surface area contributed by atoms with Crippen LogP contribution in [0.25, 0.3) is 0 Å². The monoisotopic (exact) mass is 116 g/mol. The fourth-order valence-electron chi connectivity index (χ4n) is 1.02. The van der Waals surface area contributed by atoms with Gasteiger partial charge in [-0.05, 0) is 26.4 Å². The van der Waals surface area contributed by atoms with Gasteiger partial charge in [-0.25, -0.2) is 0 Å². The first kappa shape index (κ1) is 4.77. The van der Waals surface area contributed by atoms with Crippen LogP contribution in [-0.2, 0) is 0 Å². The van der Waals surface area contributed by atoms with Gasteiger partial charge in [-0.15, -0.1) is 0 Å². The van der Waals surface area contributed by atoms with Crippen molar-refractivity contribution in [1.29, 1.82) is 0 Å². The summed E-state index contributed by atoms with van der Waals surface area (Å²) in [6.45, 7) is 1.51. The molecule has 2 heteroatoms. The maximum Gasteiger partial charge on any atom is 0.0667 e. The normalized spacial score (nSPS) is 44.0. The lowest BCUT2D eigenvalue weighted by atomic mass is 10.1. The highest BCUT2D eigenvalue weighted by Gasteiger charge is 2.12. The van der Waals surface area contributed by atoms with E-state index >= 15 is 0 Å². The van der Waals surface area contributed by atoms with Crippen molar-refractivity contribution in [3.05, 3.63) is 0 Å². The number of piperidine rings is 1. The first-order valence-corrected chi connectivity index (χ1v) is 3.01. The summed E-state index contributed by atoms with van der Waals surface area (Å²) in [6, 6.07) is 0. The fraction of sp³-hybridized carbons (Fsp3) is 1.00. The van der Waals surface area contributed by atoms with Crippen LogP contribution in [0.1, 0.15) is 14.2 Å². The highest BCUT2D eigenvalue weighted by molar-refractivity contribution is 4.67. The lowest BCUT2D eigenvalue weighted by Crippen LogP contribution is -2.34. The number of likely N-dealkylation sites (N-methyl/N-ethyl adjacent to an activating group) is 1. The van der Waals surface area contributed by atoms with Crippen LogP contribution >= 0.6 is 0 Å². The molecule has 1 atom stereocenters. The highest BCUT2D eigenvalue weighted by atomic mass is 16.3. The topological polar surface area (TPSA) is 23.5 Å². The van der Waals surface area contributed by atoms with Crippen molar-refractivity contribution in [3.8, 4) is 0 Å². The molecule has 2 nitrogen and oxygen atoms in total. The summed E-state index contributed by atoms with van der Waals surface area (Å²) in [6.07, 6.45) is 0.390. The highest BCUT2D eigenvalue weighted by Crippen LogP contribution is 2.06. The molecule has 0 spiro atoms. The molecule has 0 radical (unpaired) electrons. The van der Waals surface area contributed by atoms with E-state index in [4.69, 9.17) is 6.48 Å². The predicted octanol–water partition coefficient (Wildman–Crippen LogP) is 0.0729. The van der Waals surface area contributed by atoms with Crippen molar-refractivity contribution < 1.29 is 6.48 Å². The molecular weight excluding hydrogens is 102 g/mol. The lowest BCUT2D eigenvalue weighted by Gasteiger charge is -2.25. The smallest absolute Gasteiger partial charge is 0.0667 e.